The molecular formula is C20H38IN5O2. The lowest BCUT2D eigenvalue weighted by Gasteiger charge is -2.60. The Morgan fingerprint density at radius 3 is 2.54 bits per heavy atom. The molecular weight excluding hydrogens is 469 g/mol. The molecule has 3 unspecified atom stereocenters. The molecule has 2 heterocycles. The highest BCUT2D eigenvalue weighted by molar-refractivity contribution is 14.0. The van der Waals surface area contributed by atoms with Gasteiger partial charge in [0.05, 0.1) is 6.10 Å². The summed E-state index contributed by atoms with van der Waals surface area (Å²) in [4.78, 5) is 22.8. The number of ether oxygens (including phenoxy) is 1. The number of carbonyl (C=O) groups is 1. The van der Waals surface area contributed by atoms with Crippen LogP contribution in [-0.2, 0) is 9.53 Å². The van der Waals surface area contributed by atoms with Crippen molar-refractivity contribution in [2.45, 2.75) is 45.3 Å². The predicted molar refractivity (Wildman–Crippen MR) is 123 cm³/mol. The normalized spacial score (nSPS) is 30.0. The molecule has 1 saturated carbocycles. The molecule has 0 spiro atoms. The van der Waals surface area contributed by atoms with Crippen LogP contribution in [0.1, 0.15) is 33.1 Å². The maximum atomic E-state index is 11.8. The molecule has 0 radical (unpaired) electrons. The van der Waals surface area contributed by atoms with Gasteiger partial charge in [0.15, 0.2) is 5.96 Å². The van der Waals surface area contributed by atoms with E-state index in [0.29, 0.717) is 24.5 Å². The molecule has 3 fully saturated rings. The minimum absolute atomic E-state index is 0. The van der Waals surface area contributed by atoms with Gasteiger partial charge in [0.2, 0.25) is 5.91 Å². The molecule has 0 bridgehead atoms. The first-order valence-electron chi connectivity index (χ1n) is 10.4. The Morgan fingerprint density at radius 2 is 1.93 bits per heavy atom. The van der Waals surface area contributed by atoms with Crippen LogP contribution in [0.4, 0.5) is 0 Å². The Morgan fingerprint density at radius 1 is 1.25 bits per heavy atom. The van der Waals surface area contributed by atoms with E-state index in [2.05, 4.69) is 34.0 Å². The van der Waals surface area contributed by atoms with E-state index in [9.17, 15) is 4.79 Å². The van der Waals surface area contributed by atoms with Crippen molar-refractivity contribution in [2.75, 3.05) is 60.5 Å². The zero-order valence-electron chi connectivity index (χ0n) is 18.1. The molecule has 2 aliphatic heterocycles. The van der Waals surface area contributed by atoms with Gasteiger partial charge in [-0.2, -0.15) is 0 Å². The van der Waals surface area contributed by atoms with Gasteiger partial charge in [0.25, 0.3) is 0 Å². The van der Waals surface area contributed by atoms with Crippen molar-refractivity contribution in [3.05, 3.63) is 0 Å². The number of carbonyl (C=O) groups excluding carboxylic acids is 1. The van der Waals surface area contributed by atoms with Crippen molar-refractivity contribution >= 4 is 35.8 Å². The molecule has 1 aliphatic carbocycles. The van der Waals surface area contributed by atoms with Gasteiger partial charge in [-0.15, -0.1) is 24.0 Å². The van der Waals surface area contributed by atoms with Gasteiger partial charge >= 0.3 is 0 Å². The van der Waals surface area contributed by atoms with Gasteiger partial charge < -0.3 is 19.9 Å². The van der Waals surface area contributed by atoms with Gasteiger partial charge in [-0.25, -0.2) is 0 Å². The number of rotatable bonds is 4. The van der Waals surface area contributed by atoms with Crippen molar-refractivity contribution in [3.8, 4) is 0 Å². The second-order valence-corrected chi connectivity index (χ2v) is 8.95. The molecule has 0 aromatic heterocycles. The number of amides is 1. The third-order valence-corrected chi connectivity index (χ3v) is 6.64. The zero-order valence-corrected chi connectivity index (χ0v) is 20.4. The number of hydrogen-bond donors (Lipinski definition) is 1. The minimum Gasteiger partial charge on any atom is -0.377 e. The Kier molecular flexibility index (Phi) is 8.39. The van der Waals surface area contributed by atoms with Gasteiger partial charge in [-0.3, -0.25) is 14.7 Å². The van der Waals surface area contributed by atoms with Gasteiger partial charge in [-0.05, 0) is 12.8 Å². The average molecular weight is 507 g/mol. The van der Waals surface area contributed by atoms with Gasteiger partial charge in [-0.1, -0.05) is 13.8 Å². The number of piperazine rings is 1. The van der Waals surface area contributed by atoms with Crippen LogP contribution in [0.25, 0.3) is 0 Å². The standard InChI is InChI=1S/C20H37N5O2.HI/c1-20(2)17(15-7-6-14-27-18(15)20)22-19(21-3)25-12-10-24(11-13-25)9-8-16(26)23(4)5;/h15,17-18H,6-14H2,1-5H3,(H,21,22);1H. The summed E-state index contributed by atoms with van der Waals surface area (Å²) >= 11 is 0. The predicted octanol–water partition coefficient (Wildman–Crippen LogP) is 1.48. The second kappa shape index (κ2) is 9.93. The van der Waals surface area contributed by atoms with E-state index in [1.165, 1.54) is 12.8 Å². The zero-order chi connectivity index (χ0) is 19.6. The maximum Gasteiger partial charge on any atom is 0.223 e. The third kappa shape index (κ3) is 4.92. The Hall–Kier alpha value is -0.610. The van der Waals surface area contributed by atoms with Crippen LogP contribution < -0.4 is 5.32 Å². The van der Waals surface area contributed by atoms with Crippen molar-refractivity contribution < 1.29 is 9.53 Å². The van der Waals surface area contributed by atoms with Crippen LogP contribution >= 0.6 is 24.0 Å². The summed E-state index contributed by atoms with van der Waals surface area (Å²) in [6.07, 6.45) is 3.39. The molecule has 3 aliphatic rings. The number of aliphatic imine (C=N–C) groups is 1. The first kappa shape index (κ1) is 23.7. The van der Waals surface area contributed by atoms with Crippen LogP contribution in [0.2, 0.25) is 0 Å². The third-order valence-electron chi connectivity index (χ3n) is 6.64. The fourth-order valence-electron chi connectivity index (χ4n) is 4.91. The highest BCUT2D eigenvalue weighted by Crippen LogP contribution is 2.51. The molecule has 1 amide bonds. The Bertz CT molecular complexity index is 561. The summed E-state index contributed by atoms with van der Waals surface area (Å²) in [6.45, 7) is 10.2. The lowest BCUT2D eigenvalue weighted by atomic mass is 9.55. The highest BCUT2D eigenvalue weighted by atomic mass is 127. The number of halogens is 1. The molecule has 0 aromatic rings. The molecule has 162 valence electrons. The van der Waals surface area contributed by atoms with Crippen LogP contribution in [0.3, 0.4) is 0 Å². The number of hydrogen-bond acceptors (Lipinski definition) is 4. The van der Waals surface area contributed by atoms with Gasteiger partial charge in [0, 0.05) is 84.3 Å². The number of guanidine groups is 1. The highest BCUT2D eigenvalue weighted by Gasteiger charge is 2.58. The first-order chi connectivity index (χ1) is 12.8. The quantitative estimate of drug-likeness (QED) is 0.355. The van der Waals surface area contributed by atoms with E-state index in [1.807, 2.05) is 21.1 Å². The molecule has 28 heavy (non-hydrogen) atoms. The van der Waals surface area contributed by atoms with Crippen molar-refractivity contribution in [3.63, 3.8) is 0 Å². The van der Waals surface area contributed by atoms with Crippen molar-refractivity contribution in [1.29, 1.82) is 0 Å². The summed E-state index contributed by atoms with van der Waals surface area (Å²) in [5.41, 5.74) is 0.148. The van der Waals surface area contributed by atoms with Crippen molar-refractivity contribution in [1.82, 2.24) is 20.0 Å². The van der Waals surface area contributed by atoms with E-state index in [1.54, 1.807) is 4.90 Å². The fraction of sp³-hybridized carbons (Fsp3) is 0.900. The Balaban J connectivity index is 0.00000280. The van der Waals surface area contributed by atoms with Crippen LogP contribution in [0, 0.1) is 11.3 Å². The van der Waals surface area contributed by atoms with E-state index >= 15 is 0 Å². The second-order valence-electron chi connectivity index (χ2n) is 8.95. The lowest BCUT2D eigenvalue weighted by Crippen LogP contribution is -2.71. The summed E-state index contributed by atoms with van der Waals surface area (Å²) in [5.74, 6) is 1.82. The molecule has 3 atom stereocenters. The summed E-state index contributed by atoms with van der Waals surface area (Å²) in [7, 11) is 5.52. The van der Waals surface area contributed by atoms with Crippen molar-refractivity contribution in [2.24, 2.45) is 16.3 Å². The largest absolute Gasteiger partial charge is 0.377 e. The lowest BCUT2D eigenvalue weighted by molar-refractivity contribution is -0.188. The monoisotopic (exact) mass is 507 g/mol. The van der Waals surface area contributed by atoms with Crippen LogP contribution in [0.5, 0.6) is 0 Å². The fourth-order valence-corrected chi connectivity index (χ4v) is 4.91. The number of nitrogens with zero attached hydrogens (tertiary/aromatic N) is 4. The maximum absolute atomic E-state index is 11.8. The molecule has 1 N–H and O–H groups in total. The van der Waals surface area contributed by atoms with E-state index in [-0.39, 0.29) is 35.3 Å². The van der Waals surface area contributed by atoms with E-state index < -0.39 is 0 Å². The van der Waals surface area contributed by atoms with E-state index in [4.69, 9.17) is 4.74 Å². The summed E-state index contributed by atoms with van der Waals surface area (Å²) < 4.78 is 6.03. The average Bonchev–Trinajstić information content (AvgIpc) is 2.67. The Labute approximate surface area is 187 Å². The number of fused-ring (bicyclic) bond motifs is 1. The molecule has 8 heteroatoms. The minimum atomic E-state index is 0. The molecule has 3 rings (SSSR count). The first-order valence-corrected chi connectivity index (χ1v) is 10.4. The topological polar surface area (TPSA) is 60.4 Å². The molecule has 2 saturated heterocycles. The molecule has 7 nitrogen and oxygen atoms in total. The summed E-state index contributed by atoms with van der Waals surface area (Å²) in [6, 6.07) is 0.428. The van der Waals surface area contributed by atoms with Crippen LogP contribution in [-0.4, -0.2) is 99.2 Å². The van der Waals surface area contributed by atoms with E-state index in [0.717, 1.165) is 45.3 Å². The SMILES string of the molecule is CN=C(NC1C2CCCOC2C1(C)C)N1CCN(CCC(=O)N(C)C)CC1.I. The smallest absolute Gasteiger partial charge is 0.223 e. The summed E-state index contributed by atoms with van der Waals surface area (Å²) in [5, 5.41) is 3.76. The molecule has 0 aromatic carbocycles. The van der Waals surface area contributed by atoms with Gasteiger partial charge in [0.1, 0.15) is 0 Å². The number of nitrogens with one attached hydrogen (secondary N) is 1. The van der Waals surface area contributed by atoms with Crippen LogP contribution in [0.15, 0.2) is 4.99 Å².